The van der Waals surface area contributed by atoms with Crippen molar-refractivity contribution in [1.29, 1.82) is 5.26 Å². The monoisotopic (exact) mass is 561 g/mol. The lowest BCUT2D eigenvalue weighted by Gasteiger charge is -2.10. The van der Waals surface area contributed by atoms with E-state index in [1.165, 1.54) is 48.5 Å². The highest BCUT2D eigenvalue weighted by atomic mass is 79.9. The van der Waals surface area contributed by atoms with Crippen LogP contribution in [0, 0.1) is 17.1 Å². The Bertz CT molecular complexity index is 1370. The lowest BCUT2D eigenvalue weighted by Crippen LogP contribution is -2.20. The number of halogens is 5. The van der Waals surface area contributed by atoms with Crippen LogP contribution in [0.1, 0.15) is 11.1 Å². The average molecular weight is 562 g/mol. The van der Waals surface area contributed by atoms with Crippen LogP contribution in [0.15, 0.2) is 76.8 Å². The molecule has 0 aliphatic carbocycles. The summed E-state index contributed by atoms with van der Waals surface area (Å²) in [6.45, 7) is -0.412. The maximum Gasteiger partial charge on any atom is 0.416 e. The number of carbonyl (C=O) groups excluding carboxylic acids is 2. The summed E-state index contributed by atoms with van der Waals surface area (Å²) in [5, 5.41) is 14.0. The van der Waals surface area contributed by atoms with Crippen molar-refractivity contribution in [3.8, 4) is 11.8 Å². The molecule has 0 atom stereocenters. The molecule has 0 saturated carbocycles. The van der Waals surface area contributed by atoms with E-state index in [0.717, 1.165) is 18.2 Å². The smallest absolute Gasteiger partial charge is 0.416 e. The zero-order valence-electron chi connectivity index (χ0n) is 18.2. The van der Waals surface area contributed by atoms with Crippen molar-refractivity contribution in [3.63, 3.8) is 0 Å². The zero-order chi connectivity index (χ0) is 26.3. The molecule has 0 spiro atoms. The van der Waals surface area contributed by atoms with Gasteiger partial charge in [-0.15, -0.1) is 0 Å². The Hall–Kier alpha value is -4.17. The van der Waals surface area contributed by atoms with Gasteiger partial charge in [0.15, 0.2) is 6.61 Å². The predicted octanol–water partition coefficient (Wildman–Crippen LogP) is 6.17. The Labute approximate surface area is 211 Å². The van der Waals surface area contributed by atoms with Crippen LogP contribution < -0.4 is 15.4 Å². The van der Waals surface area contributed by atoms with Crippen LogP contribution in [0.3, 0.4) is 0 Å². The summed E-state index contributed by atoms with van der Waals surface area (Å²) < 4.78 is 58.1. The van der Waals surface area contributed by atoms with Gasteiger partial charge in [-0.3, -0.25) is 9.59 Å². The third-order valence-electron chi connectivity index (χ3n) is 4.59. The SMILES string of the molecule is N#C/C(=C\c1ccc(OCC(=O)Nc2ccccc2F)c(Br)c1)C(=O)Nc1cccc(C(F)(F)F)c1. The van der Waals surface area contributed by atoms with E-state index in [2.05, 4.69) is 26.6 Å². The number of carbonyl (C=O) groups is 2. The van der Waals surface area contributed by atoms with Crippen molar-refractivity contribution in [2.45, 2.75) is 6.18 Å². The quantitative estimate of drug-likeness (QED) is 0.205. The Morgan fingerprint density at radius 3 is 2.44 bits per heavy atom. The molecule has 11 heteroatoms. The number of nitrogens with one attached hydrogen (secondary N) is 2. The molecule has 2 N–H and O–H groups in total. The molecule has 3 aromatic rings. The van der Waals surface area contributed by atoms with Gasteiger partial charge < -0.3 is 15.4 Å². The molecule has 0 aliphatic heterocycles. The van der Waals surface area contributed by atoms with Gasteiger partial charge in [-0.2, -0.15) is 18.4 Å². The third kappa shape index (κ3) is 7.16. The van der Waals surface area contributed by atoms with E-state index in [4.69, 9.17) is 4.74 Å². The normalized spacial score (nSPS) is 11.4. The van der Waals surface area contributed by atoms with Crippen LogP contribution >= 0.6 is 15.9 Å². The van der Waals surface area contributed by atoms with E-state index in [0.29, 0.717) is 10.0 Å². The molecule has 36 heavy (non-hydrogen) atoms. The number of hydrogen-bond donors (Lipinski definition) is 2. The van der Waals surface area contributed by atoms with Gasteiger partial charge in [-0.05, 0) is 70.0 Å². The fourth-order valence-electron chi connectivity index (χ4n) is 2.90. The van der Waals surface area contributed by atoms with E-state index < -0.39 is 36.0 Å². The Morgan fingerprint density at radius 1 is 1.03 bits per heavy atom. The highest BCUT2D eigenvalue weighted by Gasteiger charge is 2.30. The topological polar surface area (TPSA) is 91.2 Å². The van der Waals surface area contributed by atoms with E-state index in [1.807, 2.05) is 0 Å². The zero-order valence-corrected chi connectivity index (χ0v) is 19.8. The minimum absolute atomic E-state index is 0.0121. The predicted molar refractivity (Wildman–Crippen MR) is 128 cm³/mol. The van der Waals surface area contributed by atoms with Gasteiger partial charge in [-0.1, -0.05) is 24.3 Å². The van der Waals surface area contributed by atoms with Crippen LogP contribution in [0.2, 0.25) is 0 Å². The summed E-state index contributed by atoms with van der Waals surface area (Å²) in [6, 6.07) is 15.9. The number of amides is 2. The van der Waals surface area contributed by atoms with Crippen molar-refractivity contribution in [1.82, 2.24) is 0 Å². The molecule has 0 saturated heterocycles. The fourth-order valence-corrected chi connectivity index (χ4v) is 3.41. The second kappa shape index (κ2) is 11.5. The maximum absolute atomic E-state index is 13.6. The van der Waals surface area contributed by atoms with Crippen molar-refractivity contribution >= 4 is 45.2 Å². The van der Waals surface area contributed by atoms with Gasteiger partial charge >= 0.3 is 6.18 Å². The number of nitriles is 1. The van der Waals surface area contributed by atoms with Crippen molar-refractivity contribution in [3.05, 3.63) is 93.7 Å². The molecule has 6 nitrogen and oxygen atoms in total. The summed E-state index contributed by atoms with van der Waals surface area (Å²) in [5.74, 6) is -1.80. The van der Waals surface area contributed by atoms with Gasteiger partial charge in [0.05, 0.1) is 15.7 Å². The molecular formula is C25H16BrF4N3O3. The highest BCUT2D eigenvalue weighted by Crippen LogP contribution is 2.31. The Morgan fingerprint density at radius 2 is 1.78 bits per heavy atom. The number of para-hydroxylation sites is 1. The summed E-state index contributed by atoms with van der Waals surface area (Å²) in [4.78, 5) is 24.5. The Balaban J connectivity index is 1.66. The first-order valence-corrected chi connectivity index (χ1v) is 10.9. The van der Waals surface area contributed by atoms with Gasteiger partial charge in [0, 0.05) is 5.69 Å². The fraction of sp³-hybridized carbons (Fsp3) is 0.0800. The van der Waals surface area contributed by atoms with Crippen LogP contribution in [-0.4, -0.2) is 18.4 Å². The highest BCUT2D eigenvalue weighted by molar-refractivity contribution is 9.10. The second-order valence-corrected chi connectivity index (χ2v) is 8.06. The molecule has 0 heterocycles. The molecule has 184 valence electrons. The van der Waals surface area contributed by atoms with E-state index in [9.17, 15) is 32.4 Å². The average Bonchev–Trinajstić information content (AvgIpc) is 2.83. The molecule has 3 rings (SSSR count). The lowest BCUT2D eigenvalue weighted by atomic mass is 10.1. The molecule has 0 unspecified atom stereocenters. The van der Waals surface area contributed by atoms with Crippen LogP contribution in [0.4, 0.5) is 28.9 Å². The molecule has 0 fully saturated rings. The van der Waals surface area contributed by atoms with E-state index in [-0.39, 0.29) is 22.7 Å². The number of rotatable bonds is 7. The molecule has 3 aromatic carbocycles. The number of ether oxygens (including phenoxy) is 1. The lowest BCUT2D eigenvalue weighted by molar-refractivity contribution is -0.137. The second-order valence-electron chi connectivity index (χ2n) is 7.21. The van der Waals surface area contributed by atoms with Gasteiger partial charge in [0.1, 0.15) is 23.2 Å². The standard InChI is InChI=1S/C25H16BrF4N3O3/c26-19-11-15(8-9-22(19)36-14-23(34)33-21-7-2-1-6-20(21)27)10-16(13-31)24(35)32-18-5-3-4-17(12-18)25(28,29)30/h1-12H,14H2,(H,32,35)(H,33,34)/b16-10+. The number of hydrogen-bond acceptors (Lipinski definition) is 4. The molecule has 0 radical (unpaired) electrons. The van der Waals surface area contributed by atoms with Crippen molar-refractivity contribution in [2.24, 2.45) is 0 Å². The van der Waals surface area contributed by atoms with Crippen molar-refractivity contribution < 1.29 is 31.9 Å². The van der Waals surface area contributed by atoms with Gasteiger partial charge in [-0.25, -0.2) is 4.39 Å². The first-order chi connectivity index (χ1) is 17.1. The minimum Gasteiger partial charge on any atom is -0.483 e. The first-order valence-electron chi connectivity index (χ1n) is 10.1. The number of benzene rings is 3. The summed E-state index contributed by atoms with van der Waals surface area (Å²) in [7, 11) is 0. The third-order valence-corrected chi connectivity index (χ3v) is 5.21. The number of anilines is 2. The molecular weight excluding hydrogens is 546 g/mol. The van der Waals surface area contributed by atoms with Crippen LogP contribution in [0.25, 0.3) is 6.08 Å². The van der Waals surface area contributed by atoms with E-state index >= 15 is 0 Å². The number of alkyl halides is 3. The largest absolute Gasteiger partial charge is 0.483 e. The van der Waals surface area contributed by atoms with Gasteiger partial charge in [0.25, 0.3) is 11.8 Å². The molecule has 0 aliphatic rings. The van der Waals surface area contributed by atoms with Crippen LogP contribution in [-0.2, 0) is 15.8 Å². The molecule has 0 bridgehead atoms. The summed E-state index contributed by atoms with van der Waals surface area (Å²) in [5.41, 5.74) is -0.990. The molecule has 2 amide bonds. The van der Waals surface area contributed by atoms with E-state index in [1.54, 1.807) is 12.1 Å². The van der Waals surface area contributed by atoms with Gasteiger partial charge in [0.2, 0.25) is 0 Å². The maximum atomic E-state index is 13.6. The molecule has 0 aromatic heterocycles. The summed E-state index contributed by atoms with van der Waals surface area (Å²) in [6.07, 6.45) is -3.34. The summed E-state index contributed by atoms with van der Waals surface area (Å²) >= 11 is 3.27. The first kappa shape index (κ1) is 26.4. The van der Waals surface area contributed by atoms with Crippen LogP contribution in [0.5, 0.6) is 5.75 Å². The number of nitrogens with zero attached hydrogens (tertiary/aromatic N) is 1. The van der Waals surface area contributed by atoms with Crippen molar-refractivity contribution in [2.75, 3.05) is 17.2 Å². The Kier molecular flexibility index (Phi) is 8.45. The minimum atomic E-state index is -4.58.